The van der Waals surface area contributed by atoms with E-state index < -0.39 is 42.4 Å². The van der Waals surface area contributed by atoms with E-state index in [4.69, 9.17) is 28.4 Å². The van der Waals surface area contributed by atoms with Crippen molar-refractivity contribution in [2.24, 2.45) is 0 Å². The Morgan fingerprint density at radius 1 is 0.446 bits per heavy atom. The largest absolute Gasteiger partial charge is 0.494 e. The highest BCUT2D eigenvalue weighted by Crippen LogP contribution is 2.40. The molecule has 0 fully saturated rings. The molecular formula is C48H54N14O10S2. The van der Waals surface area contributed by atoms with Crippen molar-refractivity contribution in [1.82, 2.24) is 59.4 Å². The number of rotatable bonds is 20. The van der Waals surface area contributed by atoms with Gasteiger partial charge in [0.15, 0.2) is 11.6 Å². The molecule has 74 heavy (non-hydrogen) atoms. The molecule has 388 valence electrons. The van der Waals surface area contributed by atoms with Crippen LogP contribution < -0.4 is 37.9 Å². The summed E-state index contributed by atoms with van der Waals surface area (Å²) < 4.78 is 94.8. The molecule has 2 aromatic carbocycles. The molecule has 6 aromatic heterocycles. The minimum absolute atomic E-state index is 0.0403. The number of methoxy groups -OCH3 is 6. The number of pyridine rings is 2. The average Bonchev–Trinajstić information content (AvgIpc) is 4.05. The topological polar surface area (TPSA) is 286 Å². The number of anilines is 2. The van der Waals surface area contributed by atoms with Crippen LogP contribution in [-0.2, 0) is 20.0 Å². The normalized spacial score (nSPS) is 13.0. The second kappa shape index (κ2) is 23.4. The Morgan fingerprint density at radius 2 is 0.811 bits per heavy atom. The molecule has 8 aromatic rings. The van der Waals surface area contributed by atoms with Crippen molar-refractivity contribution in [3.8, 4) is 68.9 Å². The van der Waals surface area contributed by atoms with Gasteiger partial charge in [0.05, 0.1) is 89.3 Å². The third-order valence-corrected chi connectivity index (χ3v) is 15.6. The van der Waals surface area contributed by atoms with Crippen molar-refractivity contribution < 1.29 is 45.3 Å². The Kier molecular flexibility index (Phi) is 16.8. The SMILES string of the molecule is COc1cnc(C(C)C(C)S(=O)(=O)Nc2nnc(-c3cccnc3)n2-c2c(OC)cccc2OC)cn1.COc1cnc([C@@H](C)[C@H](C)S(=O)(=O)Nc2nnc(-c3cccnc3)n2-c2c(OC)cccc2OC)cn1. The molecule has 0 radical (unpaired) electrons. The predicted octanol–water partition coefficient (Wildman–Crippen LogP) is 6.16. The third kappa shape index (κ3) is 11.4. The highest BCUT2D eigenvalue weighted by molar-refractivity contribution is 7.93. The maximum atomic E-state index is 13.5. The fourth-order valence-corrected chi connectivity index (χ4v) is 9.88. The summed E-state index contributed by atoms with van der Waals surface area (Å²) in [4.78, 5) is 25.2. The summed E-state index contributed by atoms with van der Waals surface area (Å²) in [6.07, 6.45) is 12.4. The molecule has 0 bridgehead atoms. The average molecular weight is 1050 g/mol. The van der Waals surface area contributed by atoms with Crippen molar-refractivity contribution in [3.63, 3.8) is 0 Å². The van der Waals surface area contributed by atoms with Crippen molar-refractivity contribution in [2.45, 2.75) is 50.0 Å². The number of sulfonamides is 2. The van der Waals surface area contributed by atoms with Crippen molar-refractivity contribution in [2.75, 3.05) is 52.1 Å². The summed E-state index contributed by atoms with van der Waals surface area (Å²) in [7, 11) is 1.04. The molecule has 8 rings (SSSR count). The van der Waals surface area contributed by atoms with Crippen molar-refractivity contribution in [1.29, 1.82) is 0 Å². The summed E-state index contributed by atoms with van der Waals surface area (Å²) in [5.74, 6) is 2.02. The lowest BCUT2D eigenvalue weighted by Gasteiger charge is -2.21. The van der Waals surface area contributed by atoms with Gasteiger partial charge in [-0.15, -0.1) is 20.4 Å². The van der Waals surface area contributed by atoms with Crippen LogP contribution in [0, 0.1) is 0 Å². The standard InChI is InChI=1S/2C24H27N7O5S/c2*1-15(18-13-27-21(36-5)14-26-18)16(2)37(32,33)30-24-29-28-23(17-8-7-11-25-12-17)31(24)22-19(34-3)9-6-10-20(22)35-4/h2*6-16H,1-5H3,(H,29,30)/t15-,16-;/m0./s1. The molecule has 0 aliphatic rings. The number of aromatic nitrogens is 12. The maximum Gasteiger partial charge on any atom is 0.243 e. The predicted molar refractivity (Wildman–Crippen MR) is 273 cm³/mol. The highest BCUT2D eigenvalue weighted by atomic mass is 32.2. The number of benzene rings is 2. The molecule has 6 heterocycles. The quantitative estimate of drug-likeness (QED) is 0.0864. The lowest BCUT2D eigenvalue weighted by molar-refractivity contribution is 0.391. The Labute approximate surface area is 427 Å². The second-order valence-corrected chi connectivity index (χ2v) is 20.2. The summed E-state index contributed by atoms with van der Waals surface area (Å²) in [6, 6.07) is 17.5. The summed E-state index contributed by atoms with van der Waals surface area (Å²) in [5.41, 5.74) is 3.09. The number of hydrogen-bond acceptors (Lipinski definition) is 20. The molecule has 26 heteroatoms. The van der Waals surface area contributed by atoms with Gasteiger partial charge in [-0.25, -0.2) is 26.8 Å². The summed E-state index contributed by atoms with van der Waals surface area (Å²) in [5, 5.41) is 15.1. The molecule has 0 aliphatic carbocycles. The van der Waals surface area contributed by atoms with E-state index in [1.165, 1.54) is 76.6 Å². The first-order valence-electron chi connectivity index (χ1n) is 22.5. The lowest BCUT2D eigenvalue weighted by atomic mass is 10.1. The molecule has 0 saturated carbocycles. The van der Waals surface area contributed by atoms with Gasteiger partial charge < -0.3 is 28.4 Å². The van der Waals surface area contributed by atoms with Crippen LogP contribution >= 0.6 is 0 Å². The Bertz CT molecular complexity index is 3100. The van der Waals surface area contributed by atoms with Gasteiger partial charge in [0, 0.05) is 47.8 Å². The first kappa shape index (κ1) is 53.3. The van der Waals surface area contributed by atoms with Gasteiger partial charge >= 0.3 is 0 Å². The molecule has 24 nitrogen and oxygen atoms in total. The maximum absolute atomic E-state index is 13.5. The van der Waals surface area contributed by atoms with E-state index in [2.05, 4.69) is 59.7 Å². The minimum atomic E-state index is -3.98. The molecule has 2 N–H and O–H groups in total. The van der Waals surface area contributed by atoms with E-state index in [-0.39, 0.29) is 11.9 Å². The van der Waals surface area contributed by atoms with Crippen LogP contribution in [0.5, 0.6) is 34.8 Å². The molecular weight excluding hydrogens is 997 g/mol. The fourth-order valence-electron chi connectivity index (χ4n) is 7.38. The van der Waals surface area contributed by atoms with E-state index in [0.29, 0.717) is 80.3 Å². The number of hydrogen-bond donors (Lipinski definition) is 2. The first-order chi connectivity index (χ1) is 35.6. The Morgan fingerprint density at radius 3 is 1.09 bits per heavy atom. The van der Waals surface area contributed by atoms with Gasteiger partial charge in [-0.1, -0.05) is 26.0 Å². The van der Waals surface area contributed by atoms with E-state index in [1.54, 1.807) is 113 Å². The Balaban J connectivity index is 0.000000216. The molecule has 2 unspecified atom stereocenters. The zero-order valence-corrected chi connectivity index (χ0v) is 43.6. The van der Waals surface area contributed by atoms with E-state index in [1.807, 2.05) is 0 Å². The van der Waals surface area contributed by atoms with Gasteiger partial charge in [0.25, 0.3) is 0 Å². The zero-order valence-electron chi connectivity index (χ0n) is 42.0. The van der Waals surface area contributed by atoms with E-state index in [9.17, 15) is 16.8 Å². The second-order valence-electron chi connectivity index (χ2n) is 16.1. The summed E-state index contributed by atoms with van der Waals surface area (Å²) >= 11 is 0. The van der Waals surface area contributed by atoms with Crippen LogP contribution in [0.15, 0.2) is 110 Å². The molecule has 0 saturated heterocycles. The minimum Gasteiger partial charge on any atom is -0.494 e. The monoisotopic (exact) mass is 1050 g/mol. The zero-order chi connectivity index (χ0) is 53.2. The number of nitrogens with zero attached hydrogens (tertiary/aromatic N) is 12. The first-order valence-corrected chi connectivity index (χ1v) is 25.6. The van der Waals surface area contributed by atoms with Crippen molar-refractivity contribution in [3.05, 3.63) is 122 Å². The van der Waals surface area contributed by atoms with Gasteiger partial charge in [-0.3, -0.25) is 38.5 Å². The van der Waals surface area contributed by atoms with Crippen LogP contribution in [-0.4, -0.2) is 129 Å². The third-order valence-electron chi connectivity index (χ3n) is 11.9. The van der Waals surface area contributed by atoms with Gasteiger partial charge in [-0.2, -0.15) is 0 Å². The Hall–Kier alpha value is -8.52. The lowest BCUT2D eigenvalue weighted by Crippen LogP contribution is -2.31. The van der Waals surface area contributed by atoms with Crippen LogP contribution in [0.4, 0.5) is 11.9 Å². The molecule has 0 amide bonds. The van der Waals surface area contributed by atoms with Gasteiger partial charge in [-0.05, 0) is 62.4 Å². The van der Waals surface area contributed by atoms with Crippen LogP contribution in [0.2, 0.25) is 0 Å². The van der Waals surface area contributed by atoms with Crippen LogP contribution in [0.1, 0.15) is 50.9 Å². The van der Waals surface area contributed by atoms with Crippen molar-refractivity contribution >= 4 is 31.9 Å². The van der Waals surface area contributed by atoms with E-state index in [0.717, 1.165) is 0 Å². The number of nitrogens with one attached hydrogen (secondary N) is 2. The van der Waals surface area contributed by atoms with Gasteiger partial charge in [0.2, 0.25) is 43.7 Å². The van der Waals surface area contributed by atoms with E-state index >= 15 is 0 Å². The molecule has 4 atom stereocenters. The highest BCUT2D eigenvalue weighted by Gasteiger charge is 2.34. The fraction of sp³-hybridized carbons (Fsp3) is 0.292. The molecule has 0 aliphatic heterocycles. The van der Waals surface area contributed by atoms with Crippen LogP contribution in [0.25, 0.3) is 34.2 Å². The summed E-state index contributed by atoms with van der Waals surface area (Å²) in [6.45, 7) is 6.70. The molecule has 0 spiro atoms. The van der Waals surface area contributed by atoms with Crippen LogP contribution in [0.3, 0.4) is 0 Å². The number of ether oxygens (including phenoxy) is 6. The van der Waals surface area contributed by atoms with Gasteiger partial charge in [0.1, 0.15) is 34.4 Å². The number of para-hydroxylation sites is 2. The smallest absolute Gasteiger partial charge is 0.243 e.